The van der Waals surface area contributed by atoms with E-state index in [0.717, 1.165) is 18.5 Å². The summed E-state index contributed by atoms with van der Waals surface area (Å²) in [5.74, 6) is 0. The molecule has 0 bridgehead atoms. The number of benzene rings is 2. The topological polar surface area (TPSA) is 26.0 Å². The Bertz CT molecular complexity index is 613. The number of unbranched alkanes of at least 4 members (excludes halogenated alkanes) is 1. The van der Waals surface area contributed by atoms with Gasteiger partial charge < -0.3 is 5.73 Å². The summed E-state index contributed by atoms with van der Waals surface area (Å²) < 4.78 is 0. The van der Waals surface area contributed by atoms with Crippen LogP contribution in [0.15, 0.2) is 36.4 Å². The van der Waals surface area contributed by atoms with Crippen molar-refractivity contribution in [1.82, 2.24) is 0 Å². The minimum absolute atomic E-state index is 1.05. The van der Waals surface area contributed by atoms with Gasteiger partial charge in [0.25, 0.3) is 0 Å². The van der Waals surface area contributed by atoms with Crippen LogP contribution in [0.4, 0.5) is 5.69 Å². The third kappa shape index (κ3) is 2.83. The van der Waals surface area contributed by atoms with Crippen molar-refractivity contribution in [2.75, 3.05) is 5.73 Å². The van der Waals surface area contributed by atoms with Crippen LogP contribution in [0, 0.1) is 0 Å². The molecule has 21 heavy (non-hydrogen) atoms. The van der Waals surface area contributed by atoms with Crippen LogP contribution in [0.1, 0.15) is 49.3 Å². The number of fused-ring (bicyclic) bond motifs is 1. The van der Waals surface area contributed by atoms with Crippen LogP contribution in [-0.2, 0) is 19.3 Å². The van der Waals surface area contributed by atoms with E-state index in [1.165, 1.54) is 59.9 Å². The molecule has 0 aliphatic heterocycles. The zero-order chi connectivity index (χ0) is 14.7. The molecule has 0 spiro atoms. The van der Waals surface area contributed by atoms with E-state index < -0.39 is 0 Å². The first-order chi connectivity index (χ1) is 10.3. The van der Waals surface area contributed by atoms with Gasteiger partial charge in [0.2, 0.25) is 0 Å². The molecule has 1 aliphatic carbocycles. The molecule has 1 nitrogen and oxygen atoms in total. The highest BCUT2D eigenvalue weighted by molar-refractivity contribution is 5.83. The zero-order valence-corrected chi connectivity index (χ0v) is 13.0. The van der Waals surface area contributed by atoms with Gasteiger partial charge in [-0.1, -0.05) is 49.7 Å². The predicted molar refractivity (Wildman–Crippen MR) is 91.5 cm³/mol. The quantitative estimate of drug-likeness (QED) is 0.769. The number of hydrogen-bond acceptors (Lipinski definition) is 1. The molecule has 0 saturated heterocycles. The molecule has 0 heterocycles. The SMILES string of the molecule is CCCCc1cc2c(c(N)c1-c1ccccc1)CCCC2. The summed E-state index contributed by atoms with van der Waals surface area (Å²) in [6, 6.07) is 13.1. The molecule has 0 radical (unpaired) electrons. The largest absolute Gasteiger partial charge is 0.398 e. The van der Waals surface area contributed by atoms with Crippen LogP contribution in [-0.4, -0.2) is 0 Å². The first-order valence-electron chi connectivity index (χ1n) is 8.29. The van der Waals surface area contributed by atoms with Crippen molar-refractivity contribution < 1.29 is 0 Å². The summed E-state index contributed by atoms with van der Waals surface area (Å²) in [6.45, 7) is 2.25. The van der Waals surface area contributed by atoms with Crippen molar-refractivity contribution in [2.45, 2.75) is 51.9 Å². The Balaban J connectivity index is 2.15. The van der Waals surface area contributed by atoms with Gasteiger partial charge >= 0.3 is 0 Å². The van der Waals surface area contributed by atoms with Crippen LogP contribution >= 0.6 is 0 Å². The van der Waals surface area contributed by atoms with Crippen molar-refractivity contribution in [3.05, 3.63) is 53.1 Å². The molecular formula is C20H25N. The molecule has 2 N–H and O–H groups in total. The lowest BCUT2D eigenvalue weighted by molar-refractivity contribution is 0.685. The van der Waals surface area contributed by atoms with Crippen LogP contribution in [0.3, 0.4) is 0 Å². The maximum atomic E-state index is 6.61. The molecule has 0 saturated carbocycles. The summed E-state index contributed by atoms with van der Waals surface area (Å²) in [5, 5.41) is 0. The van der Waals surface area contributed by atoms with Crippen molar-refractivity contribution in [3.63, 3.8) is 0 Å². The third-order valence-corrected chi connectivity index (χ3v) is 4.64. The molecule has 0 aromatic heterocycles. The summed E-state index contributed by atoms with van der Waals surface area (Å²) in [5.41, 5.74) is 14.6. The highest BCUT2D eigenvalue weighted by Crippen LogP contribution is 2.38. The second kappa shape index (κ2) is 6.34. The lowest BCUT2D eigenvalue weighted by Gasteiger charge is -2.23. The fourth-order valence-corrected chi connectivity index (χ4v) is 3.51. The molecule has 0 unspecified atom stereocenters. The van der Waals surface area contributed by atoms with E-state index in [1.54, 1.807) is 0 Å². The number of nitrogens with two attached hydrogens (primary N) is 1. The Hall–Kier alpha value is -1.76. The van der Waals surface area contributed by atoms with Crippen molar-refractivity contribution in [1.29, 1.82) is 0 Å². The van der Waals surface area contributed by atoms with Gasteiger partial charge in [-0.05, 0) is 60.8 Å². The van der Waals surface area contributed by atoms with Crippen molar-refractivity contribution in [2.24, 2.45) is 0 Å². The molecule has 1 heteroatoms. The Morgan fingerprint density at radius 3 is 2.57 bits per heavy atom. The van der Waals surface area contributed by atoms with Gasteiger partial charge in [0.15, 0.2) is 0 Å². The molecule has 0 fully saturated rings. The van der Waals surface area contributed by atoms with Gasteiger partial charge in [-0.25, -0.2) is 0 Å². The van der Waals surface area contributed by atoms with Crippen LogP contribution in [0.5, 0.6) is 0 Å². The van der Waals surface area contributed by atoms with Gasteiger partial charge in [0.05, 0.1) is 0 Å². The van der Waals surface area contributed by atoms with Crippen LogP contribution in [0.2, 0.25) is 0 Å². The number of aryl methyl sites for hydroxylation is 2. The van der Waals surface area contributed by atoms with Crippen molar-refractivity contribution in [3.8, 4) is 11.1 Å². The van der Waals surface area contributed by atoms with E-state index in [-0.39, 0.29) is 0 Å². The van der Waals surface area contributed by atoms with Crippen molar-refractivity contribution >= 4 is 5.69 Å². The molecule has 2 aromatic rings. The second-order valence-electron chi connectivity index (χ2n) is 6.14. The second-order valence-corrected chi connectivity index (χ2v) is 6.14. The molecular weight excluding hydrogens is 254 g/mol. The fraction of sp³-hybridized carbons (Fsp3) is 0.400. The number of rotatable bonds is 4. The van der Waals surface area contributed by atoms with Gasteiger partial charge in [-0.15, -0.1) is 0 Å². The smallest absolute Gasteiger partial charge is 0.0431 e. The minimum atomic E-state index is 1.05. The molecule has 0 amide bonds. The first kappa shape index (κ1) is 14.2. The average molecular weight is 279 g/mol. The fourth-order valence-electron chi connectivity index (χ4n) is 3.51. The van der Waals surface area contributed by atoms with Gasteiger partial charge in [-0.2, -0.15) is 0 Å². The van der Waals surface area contributed by atoms with Gasteiger partial charge in [0.1, 0.15) is 0 Å². The highest BCUT2D eigenvalue weighted by Gasteiger charge is 2.19. The normalized spacial score (nSPS) is 14.0. The monoisotopic (exact) mass is 279 g/mol. The standard InChI is InChI=1S/C20H25N/c1-2-3-9-17-14-16-12-7-8-13-18(16)20(21)19(17)15-10-5-4-6-11-15/h4-6,10-11,14H,2-3,7-9,12-13,21H2,1H3. The third-order valence-electron chi connectivity index (χ3n) is 4.64. The maximum absolute atomic E-state index is 6.61. The summed E-state index contributed by atoms with van der Waals surface area (Å²) in [4.78, 5) is 0. The Labute approximate surface area is 128 Å². The molecule has 1 aliphatic rings. The summed E-state index contributed by atoms with van der Waals surface area (Å²) in [6.07, 6.45) is 8.54. The molecule has 0 atom stereocenters. The van der Waals surface area contributed by atoms with Gasteiger partial charge in [0, 0.05) is 11.3 Å². The van der Waals surface area contributed by atoms with E-state index in [9.17, 15) is 0 Å². The summed E-state index contributed by atoms with van der Waals surface area (Å²) in [7, 11) is 0. The Morgan fingerprint density at radius 1 is 1.05 bits per heavy atom. The molecule has 3 rings (SSSR count). The lowest BCUT2D eigenvalue weighted by Crippen LogP contribution is -2.10. The lowest BCUT2D eigenvalue weighted by atomic mass is 9.83. The highest BCUT2D eigenvalue weighted by atomic mass is 14.6. The number of anilines is 1. The molecule has 110 valence electrons. The Kier molecular flexibility index (Phi) is 4.28. The molecule has 2 aromatic carbocycles. The predicted octanol–water partition coefficient (Wildman–Crippen LogP) is 5.16. The number of hydrogen-bond donors (Lipinski definition) is 1. The van der Waals surface area contributed by atoms with E-state index in [4.69, 9.17) is 5.73 Å². The van der Waals surface area contributed by atoms with Crippen LogP contribution in [0.25, 0.3) is 11.1 Å². The van der Waals surface area contributed by atoms with E-state index in [0.29, 0.717) is 0 Å². The Morgan fingerprint density at radius 2 is 1.81 bits per heavy atom. The minimum Gasteiger partial charge on any atom is -0.398 e. The van der Waals surface area contributed by atoms with E-state index in [2.05, 4.69) is 43.3 Å². The van der Waals surface area contributed by atoms with Crippen LogP contribution < -0.4 is 5.73 Å². The van der Waals surface area contributed by atoms with E-state index >= 15 is 0 Å². The average Bonchev–Trinajstić information content (AvgIpc) is 2.54. The van der Waals surface area contributed by atoms with Gasteiger partial charge in [-0.3, -0.25) is 0 Å². The maximum Gasteiger partial charge on any atom is 0.0431 e. The van der Waals surface area contributed by atoms with E-state index in [1.807, 2.05) is 0 Å². The summed E-state index contributed by atoms with van der Waals surface area (Å²) >= 11 is 0. The number of nitrogen functional groups attached to an aromatic ring is 1. The first-order valence-corrected chi connectivity index (χ1v) is 8.29. The zero-order valence-electron chi connectivity index (χ0n) is 13.0.